The average molecular weight is 436 g/mol. The van der Waals surface area contributed by atoms with E-state index < -0.39 is 0 Å². The van der Waals surface area contributed by atoms with E-state index in [4.69, 9.17) is 0 Å². The first-order chi connectivity index (χ1) is 15.3. The van der Waals surface area contributed by atoms with Crippen LogP contribution in [-0.2, 0) is 0 Å². The molecule has 0 bridgehead atoms. The van der Waals surface area contributed by atoms with Gasteiger partial charge in [0.25, 0.3) is 0 Å². The molecule has 0 radical (unpaired) electrons. The van der Waals surface area contributed by atoms with Crippen LogP contribution in [0.3, 0.4) is 0 Å². The van der Waals surface area contributed by atoms with Crippen LogP contribution in [0.1, 0.15) is 129 Å². The summed E-state index contributed by atoms with van der Waals surface area (Å²) in [6.45, 7) is 6.67. The zero-order valence-electron chi connectivity index (χ0n) is 21.1. The minimum Gasteiger partial charge on any atom is -0.390 e. The van der Waals surface area contributed by atoms with Crippen LogP contribution in [0.5, 0.6) is 0 Å². The van der Waals surface area contributed by atoms with Gasteiger partial charge in [-0.2, -0.15) is 0 Å². The largest absolute Gasteiger partial charge is 0.390 e. The summed E-state index contributed by atoms with van der Waals surface area (Å²) in [5.41, 5.74) is 0. The Labute approximate surface area is 195 Å². The van der Waals surface area contributed by atoms with Crippen LogP contribution < -0.4 is 5.32 Å². The van der Waals surface area contributed by atoms with Crippen molar-refractivity contribution in [2.45, 2.75) is 136 Å². The van der Waals surface area contributed by atoms with Crippen molar-refractivity contribution in [3.63, 3.8) is 0 Å². The number of rotatable bonds is 22. The fourth-order valence-electron chi connectivity index (χ4n) is 4.91. The Morgan fingerprint density at radius 2 is 1.26 bits per heavy atom. The molecule has 2 atom stereocenters. The molecule has 0 spiro atoms. The van der Waals surface area contributed by atoms with Crippen LogP contribution in [0.15, 0.2) is 24.6 Å². The molecule has 0 fully saturated rings. The van der Waals surface area contributed by atoms with Gasteiger partial charge >= 0.3 is 0 Å². The van der Waals surface area contributed by atoms with Crippen molar-refractivity contribution in [3.05, 3.63) is 24.6 Å². The number of nitrogens with zero attached hydrogens (tertiary/aromatic N) is 1. The highest BCUT2D eigenvalue weighted by molar-refractivity contribution is 4.84. The van der Waals surface area contributed by atoms with E-state index in [0.29, 0.717) is 6.17 Å². The maximum absolute atomic E-state index is 9.39. The van der Waals surface area contributed by atoms with Gasteiger partial charge in [0.2, 0.25) is 0 Å². The number of hydrogen-bond donors (Lipinski definition) is 2. The number of allylic oxidation sites excluding steroid dienone is 2. The highest BCUT2D eigenvalue weighted by atomic mass is 16.3. The smallest absolute Gasteiger partial charge is 0.166 e. The maximum atomic E-state index is 9.39. The first-order valence-electron chi connectivity index (χ1n) is 13.8. The summed E-state index contributed by atoms with van der Waals surface area (Å²) >= 11 is 0. The summed E-state index contributed by atoms with van der Waals surface area (Å²) in [6.07, 6.45) is 34.4. The standard InChI is InChI=1S/C28H55N2O/c1-3-5-6-7-8-9-10-11-12-13-14-15-16-17-18-19-20-21-22-23-28-29-24-25-30(28,4-2)26-27-31/h15-16,24-25,28-29,31H,3-14,17-23,26-27H2,1-2H3/q+1/b16-15+. The average Bonchev–Trinajstić information content (AvgIpc) is 3.18. The van der Waals surface area contributed by atoms with Crippen LogP contribution in [-0.4, -0.2) is 35.5 Å². The molecule has 2 N–H and O–H groups in total. The zero-order valence-corrected chi connectivity index (χ0v) is 21.1. The van der Waals surface area contributed by atoms with Crippen LogP contribution in [0, 0.1) is 0 Å². The van der Waals surface area contributed by atoms with E-state index >= 15 is 0 Å². The summed E-state index contributed by atoms with van der Waals surface area (Å²) in [5, 5.41) is 12.9. The number of hydrogen-bond acceptors (Lipinski definition) is 2. The molecule has 1 aliphatic rings. The van der Waals surface area contributed by atoms with Gasteiger partial charge in [0, 0.05) is 6.42 Å². The second-order valence-corrected chi connectivity index (χ2v) is 9.65. The number of quaternary nitrogens is 1. The first kappa shape index (κ1) is 28.2. The SMILES string of the molecule is CCCCCCCCCCCC/C=C/CCCCCCCC1NC=C[N+]1(CC)CCO. The fourth-order valence-corrected chi connectivity index (χ4v) is 4.91. The van der Waals surface area contributed by atoms with E-state index in [1.165, 1.54) is 116 Å². The van der Waals surface area contributed by atoms with E-state index in [0.717, 1.165) is 17.6 Å². The number of aliphatic hydroxyl groups excluding tert-OH is 1. The van der Waals surface area contributed by atoms with Crippen LogP contribution in [0.2, 0.25) is 0 Å². The van der Waals surface area contributed by atoms with Crippen molar-refractivity contribution < 1.29 is 9.59 Å². The molecule has 0 aromatic heterocycles. The van der Waals surface area contributed by atoms with Gasteiger partial charge in [0.1, 0.15) is 12.7 Å². The minimum atomic E-state index is 0.267. The molecular formula is C28H55N2O+. The number of nitrogens with one attached hydrogen (secondary N) is 1. The Morgan fingerprint density at radius 1 is 0.742 bits per heavy atom. The van der Waals surface area contributed by atoms with E-state index in [9.17, 15) is 5.11 Å². The monoisotopic (exact) mass is 435 g/mol. The van der Waals surface area contributed by atoms with Gasteiger partial charge in [-0.25, -0.2) is 0 Å². The molecule has 0 aliphatic carbocycles. The lowest BCUT2D eigenvalue weighted by molar-refractivity contribution is -0.900. The van der Waals surface area contributed by atoms with Crippen LogP contribution in [0.25, 0.3) is 0 Å². The van der Waals surface area contributed by atoms with Crippen molar-refractivity contribution in [3.8, 4) is 0 Å². The number of likely N-dealkylation sites (N-methyl/N-ethyl adjacent to an activating group) is 1. The zero-order chi connectivity index (χ0) is 22.5. The maximum Gasteiger partial charge on any atom is 0.166 e. The first-order valence-corrected chi connectivity index (χ1v) is 13.8. The van der Waals surface area contributed by atoms with E-state index in [2.05, 4.69) is 43.7 Å². The fraction of sp³-hybridized carbons (Fsp3) is 0.857. The topological polar surface area (TPSA) is 32.3 Å². The molecule has 182 valence electrons. The third kappa shape index (κ3) is 13.4. The van der Waals surface area contributed by atoms with Gasteiger partial charge in [0.15, 0.2) is 6.17 Å². The lowest BCUT2D eigenvalue weighted by atomic mass is 10.1. The normalized spacial score (nSPS) is 20.7. The molecule has 31 heavy (non-hydrogen) atoms. The van der Waals surface area contributed by atoms with Crippen molar-refractivity contribution in [2.24, 2.45) is 0 Å². The molecule has 2 unspecified atom stereocenters. The Kier molecular flexibility index (Phi) is 18.1. The molecule has 1 heterocycles. The second kappa shape index (κ2) is 19.9. The summed E-state index contributed by atoms with van der Waals surface area (Å²) in [4.78, 5) is 0. The Balaban J connectivity index is 1.84. The predicted octanol–water partition coefficient (Wildman–Crippen LogP) is 7.81. The predicted molar refractivity (Wildman–Crippen MR) is 137 cm³/mol. The van der Waals surface area contributed by atoms with Crippen molar-refractivity contribution in [1.29, 1.82) is 0 Å². The van der Waals surface area contributed by atoms with Gasteiger partial charge in [-0.1, -0.05) is 96.1 Å². The molecule has 1 aliphatic heterocycles. The van der Waals surface area contributed by atoms with Gasteiger partial charge in [-0.15, -0.1) is 0 Å². The van der Waals surface area contributed by atoms with Crippen LogP contribution in [0.4, 0.5) is 0 Å². The lowest BCUT2D eigenvalue weighted by Gasteiger charge is -2.36. The molecule has 0 saturated heterocycles. The van der Waals surface area contributed by atoms with Gasteiger partial charge in [0.05, 0.1) is 19.4 Å². The third-order valence-corrected chi connectivity index (χ3v) is 7.13. The Morgan fingerprint density at radius 3 is 1.77 bits per heavy atom. The molecule has 0 saturated carbocycles. The van der Waals surface area contributed by atoms with Crippen molar-refractivity contribution in [2.75, 3.05) is 19.7 Å². The molecule has 1 rings (SSSR count). The van der Waals surface area contributed by atoms with Crippen LogP contribution >= 0.6 is 0 Å². The molecule has 0 amide bonds. The summed E-state index contributed by atoms with van der Waals surface area (Å²) < 4.78 is 0.903. The van der Waals surface area contributed by atoms with E-state index in [1.807, 2.05) is 0 Å². The highest BCUT2D eigenvalue weighted by Crippen LogP contribution is 2.22. The van der Waals surface area contributed by atoms with Crippen molar-refractivity contribution >= 4 is 0 Å². The quantitative estimate of drug-likeness (QED) is 0.103. The summed E-state index contributed by atoms with van der Waals surface area (Å²) in [6, 6.07) is 0. The lowest BCUT2D eigenvalue weighted by Crippen LogP contribution is -2.54. The molecule has 3 heteroatoms. The summed E-state index contributed by atoms with van der Waals surface area (Å²) in [5.74, 6) is 0. The third-order valence-electron chi connectivity index (χ3n) is 7.13. The van der Waals surface area contributed by atoms with Gasteiger partial charge in [-0.05, 0) is 39.0 Å². The van der Waals surface area contributed by atoms with Gasteiger partial charge < -0.3 is 10.4 Å². The van der Waals surface area contributed by atoms with E-state index in [1.54, 1.807) is 0 Å². The Bertz CT molecular complexity index is 448. The summed E-state index contributed by atoms with van der Waals surface area (Å²) in [7, 11) is 0. The molecule has 3 nitrogen and oxygen atoms in total. The van der Waals surface area contributed by atoms with E-state index in [-0.39, 0.29) is 6.61 Å². The number of unbranched alkanes of at least 4 members (excludes halogenated alkanes) is 15. The minimum absolute atomic E-state index is 0.267. The highest BCUT2D eigenvalue weighted by Gasteiger charge is 2.35. The Hall–Kier alpha value is -0.800. The molecule has 0 aromatic carbocycles. The van der Waals surface area contributed by atoms with Gasteiger partial charge in [-0.3, -0.25) is 4.48 Å². The second-order valence-electron chi connectivity index (χ2n) is 9.65. The molecule has 0 aromatic rings. The van der Waals surface area contributed by atoms with Crippen molar-refractivity contribution in [1.82, 2.24) is 5.32 Å². The number of aliphatic hydroxyl groups is 1. The molecular weight excluding hydrogens is 380 g/mol.